The minimum absolute atomic E-state index is 0.0667. The van der Waals surface area contributed by atoms with Crippen LogP contribution in [0.4, 0.5) is 11.8 Å². The molecule has 35 heavy (non-hydrogen) atoms. The Hall–Kier alpha value is -3.40. The van der Waals surface area contributed by atoms with Gasteiger partial charge in [-0.2, -0.15) is 0 Å². The minimum Gasteiger partial charge on any atom is -0.355 e. The first-order valence-electron chi connectivity index (χ1n) is 12.2. The van der Waals surface area contributed by atoms with E-state index in [0.29, 0.717) is 0 Å². The van der Waals surface area contributed by atoms with Crippen LogP contribution in [-0.2, 0) is 4.79 Å². The lowest BCUT2D eigenvalue weighted by Crippen LogP contribution is -2.52. The Morgan fingerprint density at radius 3 is 2.43 bits per heavy atom. The Morgan fingerprint density at radius 1 is 0.943 bits per heavy atom. The van der Waals surface area contributed by atoms with Gasteiger partial charge in [0.2, 0.25) is 11.9 Å². The maximum atomic E-state index is 13.3. The smallest absolute Gasteiger partial charge is 0.225 e. The Morgan fingerprint density at radius 2 is 1.69 bits per heavy atom. The molecule has 4 aromatic rings. The van der Waals surface area contributed by atoms with Crippen molar-refractivity contribution in [3.05, 3.63) is 42.1 Å². The molecule has 2 saturated heterocycles. The molecule has 0 atom stereocenters. The van der Waals surface area contributed by atoms with Crippen molar-refractivity contribution in [3.63, 3.8) is 0 Å². The fourth-order valence-electron chi connectivity index (χ4n) is 5.30. The highest BCUT2D eigenvalue weighted by molar-refractivity contribution is 7.26. The van der Waals surface area contributed by atoms with E-state index < -0.39 is 0 Å². The summed E-state index contributed by atoms with van der Waals surface area (Å²) in [6.07, 6.45) is 6.87. The van der Waals surface area contributed by atoms with Crippen LogP contribution in [0.2, 0.25) is 0 Å². The highest BCUT2D eigenvalue weighted by Gasteiger charge is 2.32. The second kappa shape index (κ2) is 8.99. The summed E-state index contributed by atoms with van der Waals surface area (Å²) < 4.78 is 1.09. The minimum atomic E-state index is 0.0667. The van der Waals surface area contributed by atoms with Crippen molar-refractivity contribution in [3.8, 4) is 0 Å². The third-order valence-electron chi connectivity index (χ3n) is 7.10. The van der Waals surface area contributed by atoms with E-state index in [2.05, 4.69) is 42.7 Å². The zero-order valence-corrected chi connectivity index (χ0v) is 20.8. The molecule has 6 heterocycles. The van der Waals surface area contributed by atoms with Crippen LogP contribution in [0.25, 0.3) is 20.4 Å². The number of amides is 1. The number of piperazine rings is 1. The van der Waals surface area contributed by atoms with Gasteiger partial charge in [0.25, 0.3) is 0 Å². The predicted octanol–water partition coefficient (Wildman–Crippen LogP) is 3.21. The molecule has 4 aromatic heterocycles. The summed E-state index contributed by atoms with van der Waals surface area (Å²) in [4.78, 5) is 43.4. The molecule has 0 unspecified atom stereocenters. The van der Waals surface area contributed by atoms with Crippen LogP contribution in [-0.4, -0.2) is 75.0 Å². The van der Waals surface area contributed by atoms with Gasteiger partial charge in [0.05, 0.1) is 10.2 Å². The number of anilines is 2. The molecule has 2 aliphatic rings. The molecule has 9 nitrogen and oxygen atoms in total. The van der Waals surface area contributed by atoms with E-state index in [1.807, 2.05) is 17.9 Å². The van der Waals surface area contributed by atoms with Gasteiger partial charge >= 0.3 is 0 Å². The molecular formula is C25H28N8OS. The van der Waals surface area contributed by atoms with E-state index in [4.69, 9.17) is 4.98 Å². The number of piperidine rings is 1. The molecule has 0 radical (unpaired) electrons. The van der Waals surface area contributed by atoms with Gasteiger partial charge in [-0.25, -0.2) is 24.9 Å². The molecule has 10 heteroatoms. The second-order valence-corrected chi connectivity index (χ2v) is 10.4. The first-order chi connectivity index (χ1) is 17.1. The van der Waals surface area contributed by atoms with Gasteiger partial charge in [-0.15, -0.1) is 11.3 Å². The second-order valence-electron chi connectivity index (χ2n) is 9.36. The predicted molar refractivity (Wildman–Crippen MR) is 138 cm³/mol. The number of carbonyl (C=O) groups excluding carboxylic acids is 1. The molecule has 0 spiro atoms. The maximum absolute atomic E-state index is 13.3. The Balaban J connectivity index is 1.13. The van der Waals surface area contributed by atoms with Gasteiger partial charge in [0.1, 0.15) is 17.0 Å². The number of fused-ring (bicyclic) bond motifs is 3. The number of carbonyl (C=O) groups is 1. The van der Waals surface area contributed by atoms with Crippen LogP contribution in [0.15, 0.2) is 30.9 Å². The highest BCUT2D eigenvalue weighted by Crippen LogP contribution is 2.39. The molecule has 0 aromatic carbocycles. The lowest BCUT2D eigenvalue weighted by Gasteiger charge is -2.38. The molecule has 2 fully saturated rings. The number of aromatic nitrogens is 5. The topological polar surface area (TPSA) is 91.2 Å². The number of pyridine rings is 1. The van der Waals surface area contributed by atoms with Crippen LogP contribution < -0.4 is 9.80 Å². The van der Waals surface area contributed by atoms with E-state index in [1.54, 1.807) is 30.1 Å². The number of aryl methyl sites for hydroxylation is 2. The number of hydrogen-bond acceptors (Lipinski definition) is 9. The average molecular weight is 489 g/mol. The van der Waals surface area contributed by atoms with Crippen LogP contribution in [0.3, 0.4) is 0 Å². The third-order valence-corrected chi connectivity index (χ3v) is 8.17. The average Bonchev–Trinajstić information content (AvgIpc) is 3.28. The van der Waals surface area contributed by atoms with Crippen molar-refractivity contribution < 1.29 is 4.79 Å². The van der Waals surface area contributed by atoms with Gasteiger partial charge in [-0.3, -0.25) is 4.79 Å². The fraction of sp³-hybridized carbons (Fsp3) is 0.440. The summed E-state index contributed by atoms with van der Waals surface area (Å²) in [6.45, 7) is 8.77. The first-order valence-corrected chi connectivity index (χ1v) is 13.0. The zero-order chi connectivity index (χ0) is 23.9. The quantitative estimate of drug-likeness (QED) is 0.434. The van der Waals surface area contributed by atoms with Gasteiger partial charge in [-0.05, 0) is 44.4 Å². The van der Waals surface area contributed by atoms with Gasteiger partial charge in [0, 0.05) is 68.7 Å². The number of nitrogens with zero attached hydrogens (tertiary/aromatic N) is 8. The summed E-state index contributed by atoms with van der Waals surface area (Å²) in [7, 11) is 0. The van der Waals surface area contributed by atoms with Crippen LogP contribution in [0, 0.1) is 19.8 Å². The van der Waals surface area contributed by atoms with Crippen molar-refractivity contribution in [2.24, 2.45) is 5.92 Å². The van der Waals surface area contributed by atoms with Crippen LogP contribution in [0.5, 0.6) is 0 Å². The van der Waals surface area contributed by atoms with E-state index in [-0.39, 0.29) is 11.8 Å². The van der Waals surface area contributed by atoms with Crippen molar-refractivity contribution in [1.82, 2.24) is 29.8 Å². The Bertz CT molecular complexity index is 1370. The van der Waals surface area contributed by atoms with E-state index in [0.717, 1.165) is 90.0 Å². The molecule has 0 N–H and O–H groups in total. The molecule has 2 aliphatic heterocycles. The zero-order valence-electron chi connectivity index (χ0n) is 20.0. The first kappa shape index (κ1) is 22.1. The number of hydrogen-bond donors (Lipinski definition) is 0. The third kappa shape index (κ3) is 4.05. The summed E-state index contributed by atoms with van der Waals surface area (Å²) in [5, 5.41) is 1.13. The van der Waals surface area contributed by atoms with Crippen LogP contribution >= 0.6 is 11.3 Å². The van der Waals surface area contributed by atoms with Crippen molar-refractivity contribution in [2.75, 3.05) is 49.1 Å². The molecule has 0 saturated carbocycles. The lowest BCUT2D eigenvalue weighted by molar-refractivity contribution is -0.136. The Kier molecular flexibility index (Phi) is 5.68. The lowest BCUT2D eigenvalue weighted by atomic mass is 9.95. The number of thiophene rings is 1. The summed E-state index contributed by atoms with van der Waals surface area (Å²) in [5.41, 5.74) is 3.21. The number of rotatable bonds is 3. The normalized spacial score (nSPS) is 17.5. The summed E-state index contributed by atoms with van der Waals surface area (Å²) >= 11 is 1.67. The Labute approximate surface area is 207 Å². The van der Waals surface area contributed by atoms with Gasteiger partial charge < -0.3 is 14.7 Å². The molecule has 180 valence electrons. The van der Waals surface area contributed by atoms with Gasteiger partial charge in [-0.1, -0.05) is 0 Å². The van der Waals surface area contributed by atoms with E-state index >= 15 is 0 Å². The standard InChI is InChI=1S/C25H28N8OS/c1-16-14-17(2)30-23-19(16)20-21(35-23)22(29-15-28-20)31-8-4-18(5-9-31)24(34)32-10-12-33(13-11-32)25-26-6-3-7-27-25/h3,6-7,14-15,18H,4-5,8-13H2,1-2H3. The monoisotopic (exact) mass is 488 g/mol. The summed E-state index contributed by atoms with van der Waals surface area (Å²) in [6, 6.07) is 3.93. The van der Waals surface area contributed by atoms with E-state index in [1.165, 1.54) is 5.56 Å². The highest BCUT2D eigenvalue weighted by atomic mass is 32.1. The van der Waals surface area contributed by atoms with Crippen LogP contribution in [0.1, 0.15) is 24.1 Å². The molecule has 6 rings (SSSR count). The molecule has 0 bridgehead atoms. The SMILES string of the molecule is Cc1cc(C)c2c(n1)sc1c(N3CCC(C(=O)N4CCN(c5ncccn5)CC4)CC3)ncnc12. The van der Waals surface area contributed by atoms with Gasteiger partial charge in [0.15, 0.2) is 0 Å². The maximum Gasteiger partial charge on any atom is 0.225 e. The molecule has 1 amide bonds. The van der Waals surface area contributed by atoms with Crippen molar-refractivity contribution in [2.45, 2.75) is 26.7 Å². The summed E-state index contributed by atoms with van der Waals surface area (Å²) in [5.74, 6) is 2.06. The van der Waals surface area contributed by atoms with Crippen molar-refractivity contribution >= 4 is 49.4 Å². The largest absolute Gasteiger partial charge is 0.355 e. The molecule has 0 aliphatic carbocycles. The van der Waals surface area contributed by atoms with E-state index in [9.17, 15) is 4.79 Å². The van der Waals surface area contributed by atoms with Crippen molar-refractivity contribution in [1.29, 1.82) is 0 Å². The fourth-order valence-corrected chi connectivity index (χ4v) is 6.57. The molecular weight excluding hydrogens is 460 g/mol.